The molecule has 6 heteroatoms. The van der Waals surface area contributed by atoms with E-state index in [0.717, 1.165) is 22.7 Å². The first-order valence-electron chi connectivity index (χ1n) is 8.87. The minimum atomic E-state index is -0.272. The fraction of sp³-hybridized carbons (Fsp3) is 0.190. The molecule has 2 aromatic carbocycles. The number of carbonyl (C=O) groups excluding carboxylic acids is 1. The van der Waals surface area contributed by atoms with E-state index < -0.39 is 0 Å². The molecule has 136 valence electrons. The van der Waals surface area contributed by atoms with Gasteiger partial charge in [0.15, 0.2) is 5.17 Å². The van der Waals surface area contributed by atoms with E-state index in [9.17, 15) is 9.59 Å². The second-order valence-corrected chi connectivity index (χ2v) is 7.36. The smallest absolute Gasteiger partial charge is 0.260 e. The number of H-pyrrole nitrogens is 1. The third kappa shape index (κ3) is 3.80. The van der Waals surface area contributed by atoms with Crippen LogP contribution in [-0.2, 0) is 6.42 Å². The molecule has 1 aliphatic heterocycles. The first-order valence-corrected chi connectivity index (χ1v) is 9.86. The fourth-order valence-corrected chi connectivity index (χ4v) is 4.14. The highest BCUT2D eigenvalue weighted by Crippen LogP contribution is 2.23. The van der Waals surface area contributed by atoms with Crippen molar-refractivity contribution in [1.82, 2.24) is 9.88 Å². The maximum absolute atomic E-state index is 13.1. The van der Waals surface area contributed by atoms with Crippen LogP contribution in [0.1, 0.15) is 15.9 Å². The number of hydrogen-bond acceptors (Lipinski definition) is 4. The van der Waals surface area contributed by atoms with Crippen molar-refractivity contribution >= 4 is 33.7 Å². The van der Waals surface area contributed by atoms with Crippen molar-refractivity contribution in [2.75, 3.05) is 18.8 Å². The number of amides is 1. The van der Waals surface area contributed by atoms with Gasteiger partial charge in [0.05, 0.1) is 5.56 Å². The lowest BCUT2D eigenvalue weighted by Gasteiger charge is -2.17. The van der Waals surface area contributed by atoms with E-state index in [0.29, 0.717) is 24.2 Å². The number of fused-ring (bicyclic) bond motifs is 1. The largest absolute Gasteiger partial charge is 0.322 e. The van der Waals surface area contributed by atoms with Gasteiger partial charge >= 0.3 is 0 Å². The highest BCUT2D eigenvalue weighted by atomic mass is 32.2. The van der Waals surface area contributed by atoms with Gasteiger partial charge in [0, 0.05) is 35.8 Å². The van der Waals surface area contributed by atoms with Gasteiger partial charge in [0.1, 0.15) is 0 Å². The van der Waals surface area contributed by atoms with Gasteiger partial charge in [-0.3, -0.25) is 19.5 Å². The summed E-state index contributed by atoms with van der Waals surface area (Å²) in [5.74, 6) is 0.651. The van der Waals surface area contributed by atoms with Gasteiger partial charge in [0.2, 0.25) is 5.56 Å². The Balaban J connectivity index is 1.58. The number of aromatic amines is 1. The van der Waals surface area contributed by atoms with Gasteiger partial charge in [-0.05, 0) is 18.1 Å². The van der Waals surface area contributed by atoms with Gasteiger partial charge in [0.25, 0.3) is 5.91 Å². The Morgan fingerprint density at radius 3 is 2.74 bits per heavy atom. The van der Waals surface area contributed by atoms with E-state index in [1.54, 1.807) is 22.7 Å². The van der Waals surface area contributed by atoms with E-state index in [2.05, 4.69) is 22.1 Å². The predicted molar refractivity (Wildman–Crippen MR) is 111 cm³/mol. The van der Waals surface area contributed by atoms with Crippen LogP contribution in [0.3, 0.4) is 0 Å². The van der Waals surface area contributed by atoms with Crippen molar-refractivity contribution < 1.29 is 4.79 Å². The molecule has 0 atom stereocenters. The van der Waals surface area contributed by atoms with Gasteiger partial charge in [-0.15, -0.1) is 0 Å². The topological polar surface area (TPSA) is 65.5 Å². The average molecular weight is 377 g/mol. The molecule has 0 radical (unpaired) electrons. The van der Waals surface area contributed by atoms with Crippen LogP contribution in [0.2, 0.25) is 0 Å². The third-order valence-electron chi connectivity index (χ3n) is 4.49. The number of hydrogen-bond donors (Lipinski definition) is 1. The van der Waals surface area contributed by atoms with Crippen LogP contribution in [0.15, 0.2) is 70.5 Å². The van der Waals surface area contributed by atoms with E-state index >= 15 is 0 Å². The van der Waals surface area contributed by atoms with E-state index in [1.165, 1.54) is 11.6 Å². The summed E-state index contributed by atoms with van der Waals surface area (Å²) in [4.78, 5) is 34.2. The maximum Gasteiger partial charge on any atom is 0.260 e. The quantitative estimate of drug-likeness (QED) is 0.759. The fourth-order valence-electron chi connectivity index (χ4n) is 3.17. The molecule has 1 aromatic heterocycles. The number of benzene rings is 2. The van der Waals surface area contributed by atoms with E-state index in [1.807, 2.05) is 36.4 Å². The Kier molecular flexibility index (Phi) is 5.07. The molecule has 0 bridgehead atoms. The number of thioether (sulfide) groups is 1. The molecule has 0 saturated carbocycles. The first kappa shape index (κ1) is 17.5. The van der Waals surface area contributed by atoms with Gasteiger partial charge in [-0.1, -0.05) is 60.3 Å². The van der Waals surface area contributed by atoms with Crippen molar-refractivity contribution in [1.29, 1.82) is 0 Å². The monoisotopic (exact) mass is 377 g/mol. The second kappa shape index (κ2) is 7.80. The summed E-state index contributed by atoms with van der Waals surface area (Å²) in [6.45, 7) is 1.24. The minimum absolute atomic E-state index is 0.166. The average Bonchev–Trinajstić information content (AvgIpc) is 3.16. The number of nitrogens with one attached hydrogen (secondary N) is 1. The van der Waals surface area contributed by atoms with Crippen molar-refractivity contribution in [3.05, 3.63) is 82.1 Å². The highest BCUT2D eigenvalue weighted by Gasteiger charge is 2.27. The van der Waals surface area contributed by atoms with Crippen LogP contribution in [0.25, 0.3) is 10.9 Å². The van der Waals surface area contributed by atoms with Crippen molar-refractivity contribution in [3.8, 4) is 0 Å². The van der Waals surface area contributed by atoms with Crippen molar-refractivity contribution in [3.63, 3.8) is 0 Å². The van der Waals surface area contributed by atoms with E-state index in [4.69, 9.17) is 0 Å². The molecule has 1 saturated heterocycles. The number of carbonyl (C=O) groups is 1. The molecular weight excluding hydrogens is 358 g/mol. The van der Waals surface area contributed by atoms with Crippen LogP contribution in [0.5, 0.6) is 0 Å². The van der Waals surface area contributed by atoms with E-state index in [-0.39, 0.29) is 11.5 Å². The molecule has 0 spiro atoms. The number of para-hydroxylation sites is 1. The zero-order valence-electron chi connectivity index (χ0n) is 14.7. The maximum atomic E-state index is 13.1. The Hall–Kier alpha value is -2.86. The lowest BCUT2D eigenvalue weighted by Crippen LogP contribution is -2.33. The third-order valence-corrected chi connectivity index (χ3v) is 5.49. The summed E-state index contributed by atoms with van der Waals surface area (Å²) < 4.78 is 0. The molecule has 4 rings (SSSR count). The first-order chi connectivity index (χ1) is 13.2. The number of rotatable bonds is 4. The van der Waals surface area contributed by atoms with Gasteiger partial charge in [-0.25, -0.2) is 0 Å². The molecule has 27 heavy (non-hydrogen) atoms. The molecule has 1 amide bonds. The van der Waals surface area contributed by atoms with Crippen LogP contribution < -0.4 is 5.56 Å². The zero-order chi connectivity index (χ0) is 18.6. The predicted octanol–water partition coefficient (Wildman–Crippen LogP) is 3.32. The Morgan fingerprint density at radius 2 is 1.89 bits per heavy atom. The van der Waals surface area contributed by atoms with Crippen LogP contribution in [0.4, 0.5) is 0 Å². The molecule has 1 N–H and O–H groups in total. The van der Waals surface area contributed by atoms with Crippen molar-refractivity contribution in [2.45, 2.75) is 6.42 Å². The number of pyridine rings is 1. The summed E-state index contributed by atoms with van der Waals surface area (Å²) in [7, 11) is 0. The van der Waals surface area contributed by atoms with Crippen molar-refractivity contribution in [2.24, 2.45) is 4.99 Å². The molecular formula is C21H19N3O2S. The normalized spacial score (nSPS) is 15.6. The Morgan fingerprint density at radius 1 is 1.11 bits per heavy atom. The Labute approximate surface area is 161 Å². The molecule has 2 heterocycles. The summed E-state index contributed by atoms with van der Waals surface area (Å²) in [5.41, 5.74) is 2.05. The SMILES string of the molecule is O=C(c1cc(=O)[nH]c2ccccc12)N1CCSC1=NCCc1ccccc1. The van der Waals surface area contributed by atoms with Crippen LogP contribution in [-0.4, -0.2) is 39.8 Å². The zero-order valence-corrected chi connectivity index (χ0v) is 15.5. The highest BCUT2D eigenvalue weighted by molar-refractivity contribution is 8.14. The summed E-state index contributed by atoms with van der Waals surface area (Å²) in [6, 6.07) is 18.9. The Bertz CT molecular complexity index is 1060. The number of aliphatic imine (C=N–C) groups is 1. The number of amidine groups is 1. The van der Waals surface area contributed by atoms with Gasteiger partial charge < -0.3 is 4.98 Å². The summed E-state index contributed by atoms with van der Waals surface area (Å²) in [5, 5.41) is 1.49. The molecule has 1 aliphatic rings. The lowest BCUT2D eigenvalue weighted by atomic mass is 10.1. The van der Waals surface area contributed by atoms with Gasteiger partial charge in [-0.2, -0.15) is 0 Å². The van der Waals surface area contributed by atoms with Crippen LogP contribution in [0, 0.1) is 0 Å². The molecule has 0 aliphatic carbocycles. The summed E-state index contributed by atoms with van der Waals surface area (Å²) in [6.07, 6.45) is 0.834. The molecule has 5 nitrogen and oxygen atoms in total. The standard InChI is InChI=1S/C21H19N3O2S/c25-19-14-17(16-8-4-5-9-18(16)23-19)20(26)24-12-13-27-21(24)22-11-10-15-6-2-1-3-7-15/h1-9,14H,10-13H2,(H,23,25). The van der Waals surface area contributed by atoms with Crippen LogP contribution >= 0.6 is 11.8 Å². The second-order valence-electron chi connectivity index (χ2n) is 6.30. The summed E-state index contributed by atoms with van der Waals surface area (Å²) >= 11 is 1.59. The minimum Gasteiger partial charge on any atom is -0.322 e. The molecule has 1 fully saturated rings. The number of aromatic nitrogens is 1. The number of nitrogens with zero attached hydrogens (tertiary/aromatic N) is 2. The molecule has 0 unspecified atom stereocenters. The lowest BCUT2D eigenvalue weighted by molar-refractivity contribution is 0.0861. The molecule has 3 aromatic rings.